The summed E-state index contributed by atoms with van der Waals surface area (Å²) in [7, 11) is 1.92. The largest absolute Gasteiger partial charge is 0.373 e. The van der Waals surface area contributed by atoms with Gasteiger partial charge in [0, 0.05) is 38.9 Å². The topological polar surface area (TPSA) is 31.4 Å². The molecule has 0 aliphatic carbocycles. The molecule has 0 spiro atoms. The summed E-state index contributed by atoms with van der Waals surface area (Å²) in [5.74, 6) is 0.956. The number of nitrogens with one attached hydrogen (secondary N) is 1. The lowest BCUT2D eigenvalue weighted by molar-refractivity contribution is 0.209. The molecule has 1 saturated heterocycles. The molecule has 1 unspecified atom stereocenters. The number of aromatic nitrogens is 1. The summed E-state index contributed by atoms with van der Waals surface area (Å²) in [6.45, 7) is 10.3. The van der Waals surface area contributed by atoms with Gasteiger partial charge in [-0.3, -0.25) is 9.80 Å². The molecule has 1 fully saturated rings. The Bertz CT molecular complexity index is 389. The second kappa shape index (κ2) is 6.87. The first-order valence-electron chi connectivity index (χ1n) is 7.35. The van der Waals surface area contributed by atoms with Gasteiger partial charge >= 0.3 is 0 Å². The van der Waals surface area contributed by atoms with E-state index in [2.05, 4.69) is 46.1 Å². The van der Waals surface area contributed by atoms with Crippen molar-refractivity contribution in [2.45, 2.75) is 32.9 Å². The molecule has 2 heterocycles. The molecule has 1 aliphatic heterocycles. The van der Waals surface area contributed by atoms with Crippen LogP contribution in [0.3, 0.4) is 0 Å². The van der Waals surface area contributed by atoms with Crippen molar-refractivity contribution in [1.29, 1.82) is 0 Å². The van der Waals surface area contributed by atoms with E-state index < -0.39 is 0 Å². The fraction of sp³-hybridized carbons (Fsp3) is 0.667. The van der Waals surface area contributed by atoms with Crippen LogP contribution in [0.5, 0.6) is 0 Å². The lowest BCUT2D eigenvalue weighted by Gasteiger charge is -2.26. The molecular weight excluding hydrogens is 236 g/mol. The van der Waals surface area contributed by atoms with Crippen molar-refractivity contribution < 1.29 is 0 Å². The zero-order chi connectivity index (χ0) is 13.7. The average Bonchev–Trinajstić information content (AvgIpc) is 2.89. The molecule has 0 bridgehead atoms. The molecule has 0 aromatic carbocycles. The van der Waals surface area contributed by atoms with Crippen LogP contribution >= 0.6 is 0 Å². The van der Waals surface area contributed by atoms with Crippen LogP contribution in [0.25, 0.3) is 0 Å². The van der Waals surface area contributed by atoms with Gasteiger partial charge in [-0.1, -0.05) is 13.8 Å². The van der Waals surface area contributed by atoms with Crippen molar-refractivity contribution in [3.05, 3.63) is 23.9 Å². The molecule has 106 valence electrons. The molecule has 2 rings (SSSR count). The molecular formula is C15H26N4. The molecule has 0 amide bonds. The van der Waals surface area contributed by atoms with Crippen LogP contribution < -0.4 is 5.32 Å². The fourth-order valence-corrected chi connectivity index (χ4v) is 2.96. The van der Waals surface area contributed by atoms with E-state index in [1.807, 2.05) is 13.2 Å². The van der Waals surface area contributed by atoms with Crippen LogP contribution in [-0.4, -0.2) is 54.1 Å². The Morgan fingerprint density at radius 2 is 2.21 bits per heavy atom. The highest BCUT2D eigenvalue weighted by atomic mass is 15.2. The second-order valence-electron chi connectivity index (χ2n) is 5.20. The zero-order valence-corrected chi connectivity index (χ0v) is 12.4. The molecule has 1 atom stereocenters. The van der Waals surface area contributed by atoms with E-state index in [1.165, 1.54) is 25.1 Å². The van der Waals surface area contributed by atoms with Gasteiger partial charge in [-0.2, -0.15) is 0 Å². The Kier molecular flexibility index (Phi) is 5.16. The SMILES string of the molecule is CCN(CC)C1CCN(Cc2ccnc(NC)c2)C1. The highest BCUT2D eigenvalue weighted by Crippen LogP contribution is 2.18. The van der Waals surface area contributed by atoms with Gasteiger partial charge in [0.2, 0.25) is 0 Å². The summed E-state index contributed by atoms with van der Waals surface area (Å²) >= 11 is 0. The van der Waals surface area contributed by atoms with Gasteiger partial charge in [-0.15, -0.1) is 0 Å². The van der Waals surface area contributed by atoms with E-state index in [9.17, 15) is 0 Å². The number of likely N-dealkylation sites (tertiary alicyclic amines) is 1. The molecule has 0 saturated carbocycles. The number of rotatable bonds is 6. The van der Waals surface area contributed by atoms with E-state index in [1.54, 1.807) is 0 Å². The number of likely N-dealkylation sites (N-methyl/N-ethyl adjacent to an activating group) is 1. The summed E-state index contributed by atoms with van der Waals surface area (Å²) in [5, 5.41) is 3.10. The number of hydrogen-bond acceptors (Lipinski definition) is 4. The van der Waals surface area contributed by atoms with Gasteiger partial charge < -0.3 is 5.32 Å². The zero-order valence-electron chi connectivity index (χ0n) is 12.4. The Balaban J connectivity index is 1.90. The van der Waals surface area contributed by atoms with Crippen molar-refractivity contribution in [2.75, 3.05) is 38.5 Å². The molecule has 1 N–H and O–H groups in total. The minimum Gasteiger partial charge on any atom is -0.373 e. The molecule has 4 heteroatoms. The fourth-order valence-electron chi connectivity index (χ4n) is 2.96. The quantitative estimate of drug-likeness (QED) is 0.850. The van der Waals surface area contributed by atoms with Gasteiger partial charge in [-0.25, -0.2) is 4.98 Å². The predicted molar refractivity (Wildman–Crippen MR) is 80.4 cm³/mol. The van der Waals surface area contributed by atoms with Crippen LogP contribution in [0.4, 0.5) is 5.82 Å². The van der Waals surface area contributed by atoms with Crippen molar-refractivity contribution in [3.8, 4) is 0 Å². The lowest BCUT2D eigenvalue weighted by atomic mass is 10.2. The maximum Gasteiger partial charge on any atom is 0.125 e. The maximum absolute atomic E-state index is 4.26. The number of pyridine rings is 1. The van der Waals surface area contributed by atoms with Gasteiger partial charge in [-0.05, 0) is 37.2 Å². The molecule has 0 radical (unpaired) electrons. The van der Waals surface area contributed by atoms with Gasteiger partial charge in [0.05, 0.1) is 0 Å². The van der Waals surface area contributed by atoms with Crippen molar-refractivity contribution in [1.82, 2.24) is 14.8 Å². The summed E-state index contributed by atoms with van der Waals surface area (Å²) in [6.07, 6.45) is 3.19. The van der Waals surface area contributed by atoms with Gasteiger partial charge in [0.25, 0.3) is 0 Å². The molecule has 1 aromatic heterocycles. The minimum atomic E-state index is 0.737. The summed E-state index contributed by atoms with van der Waals surface area (Å²) in [6, 6.07) is 5.00. The predicted octanol–water partition coefficient (Wildman–Crippen LogP) is 2.04. The molecule has 4 nitrogen and oxygen atoms in total. The first-order valence-corrected chi connectivity index (χ1v) is 7.35. The summed E-state index contributed by atoms with van der Waals surface area (Å²) in [4.78, 5) is 9.39. The maximum atomic E-state index is 4.26. The third-order valence-electron chi connectivity index (χ3n) is 4.06. The highest BCUT2D eigenvalue weighted by Gasteiger charge is 2.25. The Morgan fingerprint density at radius 1 is 1.42 bits per heavy atom. The van der Waals surface area contributed by atoms with Crippen LogP contribution in [0.2, 0.25) is 0 Å². The second-order valence-corrected chi connectivity index (χ2v) is 5.20. The normalized spacial score (nSPS) is 20.1. The standard InChI is InChI=1S/C15H26N4/c1-4-19(5-2)14-7-9-18(12-14)11-13-6-8-17-15(10-13)16-3/h6,8,10,14H,4-5,7,9,11-12H2,1-3H3,(H,16,17). The van der Waals surface area contributed by atoms with Crippen molar-refractivity contribution in [3.63, 3.8) is 0 Å². The summed E-state index contributed by atoms with van der Waals surface area (Å²) < 4.78 is 0. The first-order chi connectivity index (χ1) is 9.26. The van der Waals surface area contributed by atoms with Crippen LogP contribution in [0, 0.1) is 0 Å². The van der Waals surface area contributed by atoms with E-state index in [4.69, 9.17) is 0 Å². The lowest BCUT2D eigenvalue weighted by Crippen LogP contribution is -2.37. The Labute approximate surface area is 116 Å². The number of hydrogen-bond donors (Lipinski definition) is 1. The Hall–Kier alpha value is -1.13. The number of anilines is 1. The monoisotopic (exact) mass is 262 g/mol. The van der Waals surface area contributed by atoms with Crippen LogP contribution in [0.1, 0.15) is 25.8 Å². The molecule has 1 aliphatic rings. The van der Waals surface area contributed by atoms with Crippen molar-refractivity contribution >= 4 is 5.82 Å². The average molecular weight is 262 g/mol. The third-order valence-corrected chi connectivity index (χ3v) is 4.06. The van der Waals surface area contributed by atoms with E-state index >= 15 is 0 Å². The van der Waals surface area contributed by atoms with E-state index in [0.29, 0.717) is 0 Å². The first kappa shape index (κ1) is 14.3. The van der Waals surface area contributed by atoms with Crippen LogP contribution in [0.15, 0.2) is 18.3 Å². The minimum absolute atomic E-state index is 0.737. The molecule has 1 aromatic rings. The van der Waals surface area contributed by atoms with Crippen LogP contribution in [-0.2, 0) is 6.54 Å². The van der Waals surface area contributed by atoms with E-state index in [-0.39, 0.29) is 0 Å². The van der Waals surface area contributed by atoms with E-state index in [0.717, 1.165) is 31.5 Å². The molecule has 19 heavy (non-hydrogen) atoms. The highest BCUT2D eigenvalue weighted by molar-refractivity contribution is 5.36. The third kappa shape index (κ3) is 3.67. The smallest absolute Gasteiger partial charge is 0.125 e. The Morgan fingerprint density at radius 3 is 2.89 bits per heavy atom. The number of nitrogens with zero attached hydrogens (tertiary/aromatic N) is 3. The van der Waals surface area contributed by atoms with Crippen molar-refractivity contribution in [2.24, 2.45) is 0 Å². The summed E-state index contributed by atoms with van der Waals surface area (Å²) in [5.41, 5.74) is 1.35. The van der Waals surface area contributed by atoms with Gasteiger partial charge in [0.15, 0.2) is 0 Å². The van der Waals surface area contributed by atoms with Gasteiger partial charge in [0.1, 0.15) is 5.82 Å².